The Balaban J connectivity index is 3.02. The lowest BCUT2D eigenvalue weighted by Gasteiger charge is -2.18. The zero-order chi connectivity index (χ0) is 12.3. The average molecular weight is 226 g/mol. The van der Waals surface area contributed by atoms with Gasteiger partial charge in [0.15, 0.2) is 0 Å². The van der Waals surface area contributed by atoms with Gasteiger partial charge in [-0.2, -0.15) is 5.10 Å². The molecule has 92 valence electrons. The standard InChI is InChI=1S/C12H22N2O2/c1-6-7-8(2)11(15)10-9(3)13-14(4)12(10)16-5/h8,11,15H,6-7H2,1-5H3. The van der Waals surface area contributed by atoms with Crippen LogP contribution in [0.4, 0.5) is 0 Å². The van der Waals surface area contributed by atoms with Crippen molar-refractivity contribution in [1.82, 2.24) is 9.78 Å². The molecule has 4 nitrogen and oxygen atoms in total. The summed E-state index contributed by atoms with van der Waals surface area (Å²) in [5, 5.41) is 14.6. The summed E-state index contributed by atoms with van der Waals surface area (Å²) in [5.74, 6) is 0.884. The number of methoxy groups -OCH3 is 1. The van der Waals surface area contributed by atoms with Gasteiger partial charge in [0.25, 0.3) is 0 Å². The van der Waals surface area contributed by atoms with Gasteiger partial charge in [-0.3, -0.25) is 0 Å². The van der Waals surface area contributed by atoms with Crippen LogP contribution in [0, 0.1) is 12.8 Å². The Hall–Kier alpha value is -1.03. The summed E-state index contributed by atoms with van der Waals surface area (Å²) in [5.41, 5.74) is 1.67. The zero-order valence-corrected chi connectivity index (χ0v) is 10.8. The summed E-state index contributed by atoms with van der Waals surface area (Å²) < 4.78 is 6.96. The van der Waals surface area contributed by atoms with E-state index >= 15 is 0 Å². The molecule has 16 heavy (non-hydrogen) atoms. The van der Waals surface area contributed by atoms with Crippen molar-refractivity contribution >= 4 is 0 Å². The van der Waals surface area contributed by atoms with E-state index in [0.29, 0.717) is 5.88 Å². The number of hydrogen-bond acceptors (Lipinski definition) is 3. The Labute approximate surface area is 97.2 Å². The first-order valence-electron chi connectivity index (χ1n) is 5.78. The summed E-state index contributed by atoms with van der Waals surface area (Å²) in [7, 11) is 3.43. The molecule has 0 aromatic carbocycles. The Kier molecular flexibility index (Phi) is 4.35. The maximum atomic E-state index is 10.3. The predicted octanol–water partition coefficient (Wildman–Crippen LogP) is 2.21. The number of aliphatic hydroxyl groups excluding tert-OH is 1. The van der Waals surface area contributed by atoms with Crippen LogP contribution in [0.15, 0.2) is 0 Å². The molecule has 0 saturated carbocycles. The predicted molar refractivity (Wildman–Crippen MR) is 63.5 cm³/mol. The molecule has 0 spiro atoms. The quantitative estimate of drug-likeness (QED) is 0.837. The molecule has 0 aliphatic carbocycles. The summed E-state index contributed by atoms with van der Waals surface area (Å²) >= 11 is 0. The van der Waals surface area contributed by atoms with Gasteiger partial charge in [-0.1, -0.05) is 20.3 Å². The summed E-state index contributed by atoms with van der Waals surface area (Å²) in [6.45, 7) is 6.08. The molecule has 1 aromatic heterocycles. The van der Waals surface area contributed by atoms with Crippen molar-refractivity contribution in [3.05, 3.63) is 11.3 Å². The number of ether oxygens (including phenoxy) is 1. The molecule has 1 rings (SSSR count). The van der Waals surface area contributed by atoms with Gasteiger partial charge >= 0.3 is 0 Å². The van der Waals surface area contributed by atoms with Crippen molar-refractivity contribution < 1.29 is 9.84 Å². The lowest BCUT2D eigenvalue weighted by atomic mass is 9.94. The monoisotopic (exact) mass is 226 g/mol. The molecule has 1 aromatic rings. The lowest BCUT2D eigenvalue weighted by molar-refractivity contribution is 0.108. The van der Waals surface area contributed by atoms with Crippen molar-refractivity contribution in [3.63, 3.8) is 0 Å². The largest absolute Gasteiger partial charge is 0.481 e. The highest BCUT2D eigenvalue weighted by atomic mass is 16.5. The van der Waals surface area contributed by atoms with Crippen LogP contribution in [0.25, 0.3) is 0 Å². The van der Waals surface area contributed by atoms with E-state index in [9.17, 15) is 5.11 Å². The molecule has 0 saturated heterocycles. The van der Waals surface area contributed by atoms with Crippen molar-refractivity contribution in [3.8, 4) is 5.88 Å². The van der Waals surface area contributed by atoms with Crippen LogP contribution in [-0.2, 0) is 7.05 Å². The molecular weight excluding hydrogens is 204 g/mol. The zero-order valence-electron chi connectivity index (χ0n) is 10.8. The van der Waals surface area contributed by atoms with Crippen LogP contribution in [0.1, 0.15) is 44.1 Å². The first-order valence-corrected chi connectivity index (χ1v) is 5.78. The van der Waals surface area contributed by atoms with Crippen molar-refractivity contribution in [2.45, 2.75) is 39.7 Å². The SMILES string of the molecule is CCCC(C)C(O)c1c(C)nn(C)c1OC. The second-order valence-corrected chi connectivity index (χ2v) is 4.34. The fraction of sp³-hybridized carbons (Fsp3) is 0.750. The van der Waals surface area contributed by atoms with Crippen LogP contribution in [0.2, 0.25) is 0 Å². The third-order valence-electron chi connectivity index (χ3n) is 2.99. The topological polar surface area (TPSA) is 47.3 Å². The van der Waals surface area contributed by atoms with Crippen molar-refractivity contribution in [2.75, 3.05) is 7.11 Å². The van der Waals surface area contributed by atoms with Gasteiger partial charge in [0.2, 0.25) is 5.88 Å². The van der Waals surface area contributed by atoms with Gasteiger partial charge in [-0.25, -0.2) is 4.68 Å². The first kappa shape index (κ1) is 13.0. The maximum absolute atomic E-state index is 10.3. The fourth-order valence-corrected chi connectivity index (χ4v) is 2.13. The van der Waals surface area contributed by atoms with E-state index in [1.165, 1.54) is 0 Å². The minimum Gasteiger partial charge on any atom is -0.481 e. The van der Waals surface area contributed by atoms with E-state index in [4.69, 9.17) is 4.74 Å². The van der Waals surface area contributed by atoms with Crippen LogP contribution in [-0.4, -0.2) is 22.0 Å². The maximum Gasteiger partial charge on any atom is 0.217 e. The van der Waals surface area contributed by atoms with Crippen molar-refractivity contribution in [1.29, 1.82) is 0 Å². The van der Waals surface area contributed by atoms with Crippen LogP contribution in [0.3, 0.4) is 0 Å². The molecule has 0 fully saturated rings. The summed E-state index contributed by atoms with van der Waals surface area (Å²) in [6, 6.07) is 0. The molecule has 0 aliphatic heterocycles. The average Bonchev–Trinajstić information content (AvgIpc) is 2.52. The number of aryl methyl sites for hydroxylation is 2. The smallest absolute Gasteiger partial charge is 0.217 e. The minimum absolute atomic E-state index is 0.224. The molecule has 0 amide bonds. The minimum atomic E-state index is -0.497. The normalized spacial score (nSPS) is 14.9. The van der Waals surface area contributed by atoms with Gasteiger partial charge < -0.3 is 9.84 Å². The molecule has 4 heteroatoms. The molecule has 0 bridgehead atoms. The number of hydrogen-bond donors (Lipinski definition) is 1. The molecule has 1 heterocycles. The molecule has 0 radical (unpaired) electrons. The third-order valence-corrected chi connectivity index (χ3v) is 2.99. The van der Waals surface area contributed by atoms with Gasteiger partial charge in [0.05, 0.1) is 24.5 Å². The number of nitrogens with zero attached hydrogens (tertiary/aromatic N) is 2. The molecule has 0 aliphatic rings. The van der Waals surface area contributed by atoms with Gasteiger partial charge in [0.1, 0.15) is 0 Å². The van der Waals surface area contributed by atoms with Crippen LogP contribution >= 0.6 is 0 Å². The summed E-state index contributed by atoms with van der Waals surface area (Å²) in [6.07, 6.45) is 1.57. The number of aromatic nitrogens is 2. The Morgan fingerprint density at radius 2 is 2.12 bits per heavy atom. The highest BCUT2D eigenvalue weighted by Crippen LogP contribution is 2.33. The van der Waals surface area contributed by atoms with E-state index in [1.807, 2.05) is 14.0 Å². The van der Waals surface area contributed by atoms with Crippen molar-refractivity contribution in [2.24, 2.45) is 13.0 Å². The van der Waals surface area contributed by atoms with Gasteiger partial charge in [-0.15, -0.1) is 0 Å². The van der Waals surface area contributed by atoms with E-state index in [1.54, 1.807) is 11.8 Å². The number of aliphatic hydroxyl groups is 1. The third kappa shape index (κ3) is 2.38. The molecular formula is C12H22N2O2. The Morgan fingerprint density at radius 1 is 1.50 bits per heavy atom. The van der Waals surface area contributed by atoms with Gasteiger partial charge in [0, 0.05) is 7.05 Å². The Morgan fingerprint density at radius 3 is 2.62 bits per heavy atom. The van der Waals surface area contributed by atoms with E-state index in [0.717, 1.165) is 24.1 Å². The highest BCUT2D eigenvalue weighted by molar-refractivity contribution is 5.33. The molecule has 2 unspecified atom stereocenters. The second-order valence-electron chi connectivity index (χ2n) is 4.34. The van der Waals surface area contributed by atoms with Crippen LogP contribution in [0.5, 0.6) is 5.88 Å². The molecule has 2 atom stereocenters. The van der Waals surface area contributed by atoms with Gasteiger partial charge in [-0.05, 0) is 19.3 Å². The molecule has 1 N–H and O–H groups in total. The highest BCUT2D eigenvalue weighted by Gasteiger charge is 2.25. The lowest BCUT2D eigenvalue weighted by Crippen LogP contribution is -2.11. The summed E-state index contributed by atoms with van der Waals surface area (Å²) in [4.78, 5) is 0. The van der Waals surface area contributed by atoms with E-state index in [-0.39, 0.29) is 5.92 Å². The van der Waals surface area contributed by atoms with E-state index in [2.05, 4.69) is 18.9 Å². The Bertz CT molecular complexity index is 347. The van der Waals surface area contributed by atoms with Crippen LogP contribution < -0.4 is 4.74 Å². The van der Waals surface area contributed by atoms with E-state index < -0.39 is 6.10 Å². The fourth-order valence-electron chi connectivity index (χ4n) is 2.13. The second kappa shape index (κ2) is 5.34. The first-order chi connectivity index (χ1) is 7.52. The number of rotatable bonds is 5.